The maximum absolute atomic E-state index is 8.98. The fraction of sp³-hybridized carbons (Fsp3) is 0.588. The number of nitrogens with zero attached hydrogens (tertiary/aromatic N) is 2. The Balaban J connectivity index is 1.87. The Morgan fingerprint density at radius 1 is 1.33 bits per heavy atom. The number of fused-ring (bicyclic) bond motifs is 1. The topological polar surface area (TPSA) is 45.5 Å². The van der Waals surface area contributed by atoms with E-state index in [0.29, 0.717) is 13.0 Å². The van der Waals surface area contributed by atoms with Crippen molar-refractivity contribution in [3.8, 4) is 11.8 Å². The van der Waals surface area contributed by atoms with E-state index in [0.717, 1.165) is 38.5 Å². The molecule has 2 aliphatic rings. The predicted octanol–water partition coefficient (Wildman–Crippen LogP) is 2.69. The molecule has 1 atom stereocenters. The minimum absolute atomic E-state index is 0.0608. The summed E-state index contributed by atoms with van der Waals surface area (Å²) in [5.41, 5.74) is 3.70. The van der Waals surface area contributed by atoms with Crippen molar-refractivity contribution in [2.45, 2.75) is 26.7 Å². The number of ether oxygens (including phenoxy) is 2. The summed E-state index contributed by atoms with van der Waals surface area (Å²) in [6.07, 6.45) is 1.46. The molecule has 0 aromatic heterocycles. The molecule has 112 valence electrons. The van der Waals surface area contributed by atoms with Crippen LogP contribution < -0.4 is 9.64 Å². The summed E-state index contributed by atoms with van der Waals surface area (Å²) in [5.74, 6) is 0.984. The third-order valence-electron chi connectivity index (χ3n) is 4.43. The number of morpholine rings is 1. The van der Waals surface area contributed by atoms with Gasteiger partial charge >= 0.3 is 0 Å². The summed E-state index contributed by atoms with van der Waals surface area (Å²) in [4.78, 5) is 2.37. The Kier molecular flexibility index (Phi) is 3.77. The minimum Gasteiger partial charge on any atom is -0.493 e. The van der Waals surface area contributed by atoms with Crippen molar-refractivity contribution in [2.75, 3.05) is 37.8 Å². The lowest BCUT2D eigenvalue weighted by Gasteiger charge is -2.35. The number of rotatable bonds is 2. The van der Waals surface area contributed by atoms with Gasteiger partial charge in [-0.2, -0.15) is 5.26 Å². The maximum atomic E-state index is 8.98. The van der Waals surface area contributed by atoms with E-state index >= 15 is 0 Å². The number of hydrogen-bond donors (Lipinski definition) is 0. The molecule has 0 aliphatic carbocycles. The van der Waals surface area contributed by atoms with Crippen LogP contribution in [0, 0.1) is 23.7 Å². The number of nitriles is 1. The Morgan fingerprint density at radius 2 is 2.10 bits per heavy atom. The van der Waals surface area contributed by atoms with Gasteiger partial charge in [0.25, 0.3) is 0 Å². The summed E-state index contributed by atoms with van der Waals surface area (Å²) < 4.78 is 11.4. The lowest BCUT2D eigenvalue weighted by atomic mass is 9.79. The van der Waals surface area contributed by atoms with Crippen molar-refractivity contribution in [2.24, 2.45) is 5.41 Å². The number of benzene rings is 1. The van der Waals surface area contributed by atoms with E-state index < -0.39 is 0 Å². The Labute approximate surface area is 126 Å². The molecular weight excluding hydrogens is 264 g/mol. The van der Waals surface area contributed by atoms with Gasteiger partial charge in [-0.1, -0.05) is 13.0 Å². The van der Waals surface area contributed by atoms with Gasteiger partial charge in [0, 0.05) is 36.7 Å². The molecular formula is C17H22N2O2. The second-order valence-corrected chi connectivity index (χ2v) is 6.46. The zero-order valence-corrected chi connectivity index (χ0v) is 12.8. The molecule has 0 unspecified atom stereocenters. The second kappa shape index (κ2) is 5.57. The average Bonchev–Trinajstić information content (AvgIpc) is 2.47. The van der Waals surface area contributed by atoms with E-state index in [1.807, 2.05) is 0 Å². The van der Waals surface area contributed by atoms with E-state index in [1.54, 1.807) is 0 Å². The molecule has 0 radical (unpaired) electrons. The second-order valence-electron chi connectivity index (χ2n) is 6.46. The Hall–Kier alpha value is -1.73. The Bertz CT molecular complexity index is 573. The zero-order valence-electron chi connectivity index (χ0n) is 12.8. The first-order valence-electron chi connectivity index (χ1n) is 7.57. The lowest BCUT2D eigenvalue weighted by Crippen LogP contribution is -2.37. The third-order valence-corrected chi connectivity index (χ3v) is 4.43. The van der Waals surface area contributed by atoms with Crippen LogP contribution >= 0.6 is 0 Å². The third kappa shape index (κ3) is 2.84. The maximum Gasteiger partial charge on any atom is 0.124 e. The van der Waals surface area contributed by atoms with Gasteiger partial charge in [-0.3, -0.25) is 0 Å². The smallest absolute Gasteiger partial charge is 0.124 e. The monoisotopic (exact) mass is 286 g/mol. The molecule has 3 rings (SSSR count). The minimum atomic E-state index is -0.0608. The highest BCUT2D eigenvalue weighted by molar-refractivity contribution is 5.60. The summed E-state index contributed by atoms with van der Waals surface area (Å²) in [5, 5.41) is 8.98. The largest absolute Gasteiger partial charge is 0.493 e. The molecule has 1 aromatic carbocycles. The standard InChI is InChI=1S/C17H22N2O2/c1-13-9-14-11-17(2,3-4-18)12-21-16(14)10-15(13)19-5-7-20-8-6-19/h9-10H,3,5-8,11-12H2,1-2H3/t17-/m0/s1. The van der Waals surface area contributed by atoms with Gasteiger partial charge in [-0.05, 0) is 24.5 Å². The molecule has 2 aliphatic heterocycles. The van der Waals surface area contributed by atoms with Gasteiger partial charge in [0.15, 0.2) is 0 Å². The highest BCUT2D eigenvalue weighted by Crippen LogP contribution is 2.39. The molecule has 0 spiro atoms. The first-order chi connectivity index (χ1) is 10.1. The van der Waals surface area contributed by atoms with Gasteiger partial charge in [0.05, 0.1) is 25.9 Å². The number of aryl methyl sites for hydroxylation is 1. The van der Waals surface area contributed by atoms with Crippen molar-refractivity contribution in [1.29, 1.82) is 5.26 Å². The first-order valence-corrected chi connectivity index (χ1v) is 7.57. The molecule has 1 aromatic rings. The summed E-state index contributed by atoms with van der Waals surface area (Å²) in [6.45, 7) is 8.36. The number of hydrogen-bond acceptors (Lipinski definition) is 4. The van der Waals surface area contributed by atoms with Crippen LogP contribution in [0.15, 0.2) is 12.1 Å². The fourth-order valence-corrected chi connectivity index (χ4v) is 3.22. The molecule has 0 saturated carbocycles. The van der Waals surface area contributed by atoms with E-state index in [1.165, 1.54) is 16.8 Å². The predicted molar refractivity (Wildman–Crippen MR) is 81.7 cm³/mol. The van der Waals surface area contributed by atoms with Gasteiger partial charge < -0.3 is 14.4 Å². The fourth-order valence-electron chi connectivity index (χ4n) is 3.22. The van der Waals surface area contributed by atoms with Crippen molar-refractivity contribution in [1.82, 2.24) is 0 Å². The molecule has 2 heterocycles. The Morgan fingerprint density at radius 3 is 2.81 bits per heavy atom. The molecule has 1 fully saturated rings. The zero-order chi connectivity index (χ0) is 14.9. The van der Waals surface area contributed by atoms with Crippen LogP contribution in [0.5, 0.6) is 5.75 Å². The van der Waals surface area contributed by atoms with Gasteiger partial charge in [0.2, 0.25) is 0 Å². The first kappa shape index (κ1) is 14.2. The van der Waals surface area contributed by atoms with Gasteiger partial charge in [-0.25, -0.2) is 0 Å². The normalized spacial score (nSPS) is 24.9. The van der Waals surface area contributed by atoms with Crippen LogP contribution in [0.4, 0.5) is 5.69 Å². The van der Waals surface area contributed by atoms with Gasteiger partial charge in [-0.15, -0.1) is 0 Å². The van der Waals surface area contributed by atoms with E-state index in [9.17, 15) is 0 Å². The molecule has 4 nitrogen and oxygen atoms in total. The molecule has 0 amide bonds. The van der Waals surface area contributed by atoms with Crippen molar-refractivity contribution in [3.05, 3.63) is 23.3 Å². The van der Waals surface area contributed by atoms with E-state index in [-0.39, 0.29) is 5.41 Å². The average molecular weight is 286 g/mol. The highest BCUT2D eigenvalue weighted by atomic mass is 16.5. The summed E-state index contributed by atoms with van der Waals surface area (Å²) >= 11 is 0. The summed E-state index contributed by atoms with van der Waals surface area (Å²) in [7, 11) is 0. The quantitative estimate of drug-likeness (QED) is 0.838. The van der Waals surface area contributed by atoms with E-state index in [2.05, 4.69) is 36.9 Å². The van der Waals surface area contributed by atoms with Crippen LogP contribution in [0.1, 0.15) is 24.5 Å². The molecule has 0 N–H and O–H groups in total. The van der Waals surface area contributed by atoms with Crippen LogP contribution in [0.25, 0.3) is 0 Å². The molecule has 4 heteroatoms. The van der Waals surface area contributed by atoms with Crippen LogP contribution in [-0.2, 0) is 11.2 Å². The van der Waals surface area contributed by atoms with Crippen molar-refractivity contribution >= 4 is 5.69 Å². The van der Waals surface area contributed by atoms with Crippen LogP contribution in [-0.4, -0.2) is 32.9 Å². The summed E-state index contributed by atoms with van der Waals surface area (Å²) in [6, 6.07) is 6.68. The number of anilines is 1. The lowest BCUT2D eigenvalue weighted by molar-refractivity contribution is 0.122. The van der Waals surface area contributed by atoms with E-state index in [4.69, 9.17) is 14.7 Å². The van der Waals surface area contributed by atoms with Crippen LogP contribution in [0.3, 0.4) is 0 Å². The SMILES string of the molecule is Cc1cc2c(cc1N1CCOCC1)OC[C@@](C)(CC#N)C2. The van der Waals surface area contributed by atoms with Crippen molar-refractivity contribution in [3.63, 3.8) is 0 Å². The molecule has 21 heavy (non-hydrogen) atoms. The molecule has 0 bridgehead atoms. The van der Waals surface area contributed by atoms with Gasteiger partial charge in [0.1, 0.15) is 5.75 Å². The van der Waals surface area contributed by atoms with Crippen molar-refractivity contribution < 1.29 is 9.47 Å². The highest BCUT2D eigenvalue weighted by Gasteiger charge is 2.32. The molecule has 1 saturated heterocycles. The van der Waals surface area contributed by atoms with Crippen LogP contribution in [0.2, 0.25) is 0 Å².